The number of rotatable bonds is 14. The van der Waals surface area contributed by atoms with Gasteiger partial charge in [0.25, 0.3) is 5.56 Å². The molecule has 1 aromatic heterocycles. The molecule has 1 unspecified atom stereocenters. The van der Waals surface area contributed by atoms with Crippen LogP contribution >= 0.6 is 0 Å². The van der Waals surface area contributed by atoms with Crippen molar-refractivity contribution in [3.05, 3.63) is 88.7 Å². The van der Waals surface area contributed by atoms with Gasteiger partial charge in [-0.2, -0.15) is 4.89 Å². The van der Waals surface area contributed by atoms with E-state index < -0.39 is 12.1 Å². The lowest BCUT2D eigenvalue weighted by atomic mass is 10.1. The van der Waals surface area contributed by atoms with Crippen LogP contribution in [0.1, 0.15) is 33.0 Å². The van der Waals surface area contributed by atoms with Gasteiger partial charge < -0.3 is 9.47 Å². The molecule has 0 saturated heterocycles. The van der Waals surface area contributed by atoms with Gasteiger partial charge in [-0.05, 0) is 25.5 Å². The van der Waals surface area contributed by atoms with Crippen molar-refractivity contribution in [2.45, 2.75) is 46.3 Å². The Morgan fingerprint density at radius 1 is 1.20 bits per heavy atom. The second-order valence-corrected chi connectivity index (χ2v) is 7.43. The SMILES string of the molecule is C\C=C/C(=C\C=C\OCCn1c(CC)nc(-c2ccccc2)cc1=O)CC(OCC)C(=O)OOC. The highest BCUT2D eigenvalue weighted by molar-refractivity contribution is 5.74. The maximum Gasteiger partial charge on any atom is 0.371 e. The standard InChI is InChI=1S/C27H34N2O6/c1-5-12-21(19-24(34-7-3)27(31)35-32-4)13-11-17-33-18-16-29-25(6-2)28-23(20-26(29)30)22-14-9-8-10-15-22/h5,8-15,17,20,24H,6-7,16,18-19H2,1-4H3/b12-5-,17-11+,21-13+. The normalized spacial score (nSPS) is 12.9. The van der Waals surface area contributed by atoms with Gasteiger partial charge in [0.15, 0.2) is 6.10 Å². The number of hydrogen-bond donors (Lipinski definition) is 0. The molecular formula is C27H34N2O6. The Bertz CT molecular complexity index is 1070. The summed E-state index contributed by atoms with van der Waals surface area (Å²) >= 11 is 0. The number of carbonyl (C=O) groups excluding carboxylic acids is 1. The minimum Gasteiger partial charge on any atom is -0.499 e. The number of aryl methyl sites for hydroxylation is 1. The highest BCUT2D eigenvalue weighted by Gasteiger charge is 2.22. The van der Waals surface area contributed by atoms with E-state index in [0.717, 1.165) is 11.1 Å². The van der Waals surface area contributed by atoms with Crippen LogP contribution in [0.4, 0.5) is 0 Å². The lowest BCUT2D eigenvalue weighted by Crippen LogP contribution is -2.27. The molecule has 0 radical (unpaired) electrons. The number of carbonyl (C=O) groups is 1. The fraction of sp³-hybridized carbons (Fsp3) is 0.370. The molecule has 0 aliphatic rings. The van der Waals surface area contributed by atoms with Crippen molar-refractivity contribution in [1.82, 2.24) is 9.55 Å². The van der Waals surface area contributed by atoms with Crippen LogP contribution in [0.3, 0.4) is 0 Å². The van der Waals surface area contributed by atoms with E-state index in [9.17, 15) is 9.59 Å². The zero-order valence-corrected chi connectivity index (χ0v) is 20.8. The summed E-state index contributed by atoms with van der Waals surface area (Å²) in [6.07, 6.45) is 9.04. The van der Waals surface area contributed by atoms with Crippen LogP contribution in [-0.2, 0) is 37.0 Å². The van der Waals surface area contributed by atoms with Crippen molar-refractivity contribution in [1.29, 1.82) is 0 Å². The average Bonchev–Trinajstić information content (AvgIpc) is 2.86. The molecule has 1 atom stereocenters. The van der Waals surface area contributed by atoms with E-state index >= 15 is 0 Å². The molecule has 0 fully saturated rings. The Labute approximate surface area is 206 Å². The minimum absolute atomic E-state index is 0.108. The summed E-state index contributed by atoms with van der Waals surface area (Å²) in [6.45, 7) is 6.72. The molecule has 0 saturated carbocycles. The molecular weight excluding hydrogens is 448 g/mol. The fourth-order valence-electron chi connectivity index (χ4n) is 3.42. The topological polar surface area (TPSA) is 88.9 Å². The molecule has 0 bridgehead atoms. The molecule has 0 amide bonds. The molecule has 0 aliphatic heterocycles. The highest BCUT2D eigenvalue weighted by Crippen LogP contribution is 2.15. The smallest absolute Gasteiger partial charge is 0.371 e. The van der Waals surface area contributed by atoms with Gasteiger partial charge in [-0.1, -0.05) is 55.5 Å². The first-order valence-corrected chi connectivity index (χ1v) is 11.7. The van der Waals surface area contributed by atoms with E-state index in [-0.39, 0.29) is 5.56 Å². The van der Waals surface area contributed by atoms with Crippen LogP contribution < -0.4 is 5.56 Å². The van der Waals surface area contributed by atoms with Crippen molar-refractivity contribution in [3.8, 4) is 11.3 Å². The summed E-state index contributed by atoms with van der Waals surface area (Å²) in [4.78, 5) is 38.4. The van der Waals surface area contributed by atoms with Crippen LogP contribution in [0, 0.1) is 0 Å². The maximum atomic E-state index is 12.7. The number of aromatic nitrogens is 2. The molecule has 0 spiro atoms. The van der Waals surface area contributed by atoms with E-state index in [1.54, 1.807) is 29.9 Å². The Balaban J connectivity index is 2.00. The Morgan fingerprint density at radius 3 is 2.63 bits per heavy atom. The molecule has 1 aromatic carbocycles. The van der Waals surface area contributed by atoms with Crippen molar-refractivity contribution < 1.29 is 24.0 Å². The predicted octanol–water partition coefficient (Wildman–Crippen LogP) is 4.41. The summed E-state index contributed by atoms with van der Waals surface area (Å²) in [7, 11) is 1.27. The summed E-state index contributed by atoms with van der Waals surface area (Å²) in [5.41, 5.74) is 2.33. The summed E-state index contributed by atoms with van der Waals surface area (Å²) in [5.74, 6) is 0.123. The van der Waals surface area contributed by atoms with E-state index in [4.69, 9.17) is 9.47 Å². The van der Waals surface area contributed by atoms with E-state index in [1.165, 1.54) is 7.11 Å². The van der Waals surface area contributed by atoms with Crippen LogP contribution in [0.25, 0.3) is 11.3 Å². The minimum atomic E-state index is -0.776. The van der Waals surface area contributed by atoms with Gasteiger partial charge in [0.05, 0.1) is 25.6 Å². The third kappa shape index (κ3) is 8.99. The molecule has 35 heavy (non-hydrogen) atoms. The average molecular weight is 483 g/mol. The monoisotopic (exact) mass is 482 g/mol. The first kappa shape index (κ1) is 27.8. The number of hydrogen-bond acceptors (Lipinski definition) is 7. The first-order chi connectivity index (χ1) is 17.0. The molecule has 0 aliphatic carbocycles. The van der Waals surface area contributed by atoms with Gasteiger partial charge in [0.2, 0.25) is 0 Å². The largest absolute Gasteiger partial charge is 0.499 e. The summed E-state index contributed by atoms with van der Waals surface area (Å²) in [5, 5.41) is 0. The maximum absolute atomic E-state index is 12.7. The molecule has 8 heteroatoms. The lowest BCUT2D eigenvalue weighted by molar-refractivity contribution is -0.263. The zero-order valence-electron chi connectivity index (χ0n) is 20.8. The first-order valence-electron chi connectivity index (χ1n) is 11.7. The van der Waals surface area contributed by atoms with E-state index in [2.05, 4.69) is 14.8 Å². The number of nitrogens with zero attached hydrogens (tertiary/aromatic N) is 2. The number of allylic oxidation sites excluding steroid dienone is 4. The number of benzene rings is 1. The fourth-order valence-corrected chi connectivity index (χ4v) is 3.42. The van der Waals surface area contributed by atoms with Crippen molar-refractivity contribution >= 4 is 5.97 Å². The summed E-state index contributed by atoms with van der Waals surface area (Å²) < 4.78 is 12.7. The Kier molecular flexibility index (Phi) is 12.2. The Hall–Kier alpha value is -3.49. The molecule has 188 valence electrons. The molecule has 0 N–H and O–H groups in total. The molecule has 1 heterocycles. The molecule has 2 aromatic rings. The van der Waals surface area contributed by atoms with Gasteiger partial charge in [-0.3, -0.25) is 14.2 Å². The van der Waals surface area contributed by atoms with Gasteiger partial charge >= 0.3 is 5.97 Å². The van der Waals surface area contributed by atoms with E-state index in [0.29, 0.717) is 44.1 Å². The predicted molar refractivity (Wildman–Crippen MR) is 134 cm³/mol. The van der Waals surface area contributed by atoms with Crippen LogP contribution in [0.5, 0.6) is 0 Å². The second-order valence-electron chi connectivity index (χ2n) is 7.43. The highest BCUT2D eigenvalue weighted by atomic mass is 17.2. The number of ether oxygens (including phenoxy) is 2. The zero-order chi connectivity index (χ0) is 25.5. The second kappa shape index (κ2) is 15.4. The van der Waals surface area contributed by atoms with Gasteiger partial charge in [-0.25, -0.2) is 9.78 Å². The van der Waals surface area contributed by atoms with Crippen LogP contribution in [0.2, 0.25) is 0 Å². The third-order valence-electron chi connectivity index (χ3n) is 4.99. The lowest BCUT2D eigenvalue weighted by Gasteiger charge is -2.14. The van der Waals surface area contributed by atoms with Crippen molar-refractivity contribution in [2.24, 2.45) is 0 Å². The third-order valence-corrected chi connectivity index (χ3v) is 4.99. The van der Waals surface area contributed by atoms with Gasteiger partial charge in [0, 0.05) is 31.1 Å². The van der Waals surface area contributed by atoms with Gasteiger partial charge in [-0.15, -0.1) is 0 Å². The van der Waals surface area contributed by atoms with Crippen molar-refractivity contribution in [2.75, 3.05) is 20.3 Å². The summed E-state index contributed by atoms with van der Waals surface area (Å²) in [6, 6.07) is 11.2. The Morgan fingerprint density at radius 2 is 1.97 bits per heavy atom. The molecule has 2 rings (SSSR count). The van der Waals surface area contributed by atoms with Gasteiger partial charge in [0.1, 0.15) is 12.4 Å². The van der Waals surface area contributed by atoms with Crippen molar-refractivity contribution in [3.63, 3.8) is 0 Å². The quantitative estimate of drug-likeness (QED) is 0.130. The van der Waals surface area contributed by atoms with E-state index in [1.807, 2.05) is 62.4 Å². The molecule has 8 nitrogen and oxygen atoms in total. The van der Waals surface area contributed by atoms with Crippen LogP contribution in [0.15, 0.2) is 77.3 Å². The van der Waals surface area contributed by atoms with Crippen LogP contribution in [-0.4, -0.2) is 41.9 Å².